The van der Waals surface area contributed by atoms with Gasteiger partial charge in [0.15, 0.2) is 0 Å². The first kappa shape index (κ1) is 14.2. The zero-order valence-electron chi connectivity index (χ0n) is 12.5. The summed E-state index contributed by atoms with van der Waals surface area (Å²) in [5.74, 6) is 1.09. The summed E-state index contributed by atoms with van der Waals surface area (Å²) in [6.07, 6.45) is 5.13. The Morgan fingerprint density at radius 3 is 3.00 bits per heavy atom. The van der Waals surface area contributed by atoms with Crippen molar-refractivity contribution in [3.05, 3.63) is 23.8 Å². The molecule has 1 aromatic rings. The molecule has 2 atom stereocenters. The highest BCUT2D eigenvalue weighted by molar-refractivity contribution is 5.62. The lowest BCUT2D eigenvalue weighted by molar-refractivity contribution is -0.0612. The standard InChI is InChI=1S/C17H22N2O2/c1-21-15-6-5-13(11-18)16(10-15)19-9-8-17(20)7-3-2-4-14(17)12-19/h5-6,10,14,20H,2-4,7-9,12H2,1H3. The molecule has 112 valence electrons. The van der Waals surface area contributed by atoms with Crippen LogP contribution in [0.5, 0.6) is 5.75 Å². The van der Waals surface area contributed by atoms with Gasteiger partial charge in [0, 0.05) is 25.1 Å². The molecule has 0 radical (unpaired) electrons. The number of rotatable bonds is 2. The minimum absolute atomic E-state index is 0.317. The van der Waals surface area contributed by atoms with Crippen LogP contribution in [0.1, 0.15) is 37.7 Å². The Kier molecular flexibility index (Phi) is 3.77. The van der Waals surface area contributed by atoms with Crippen molar-refractivity contribution in [3.8, 4) is 11.8 Å². The number of nitriles is 1. The minimum Gasteiger partial charge on any atom is -0.497 e. The molecule has 1 saturated carbocycles. The Bertz CT molecular complexity index is 566. The second kappa shape index (κ2) is 5.57. The van der Waals surface area contributed by atoms with Gasteiger partial charge in [-0.15, -0.1) is 0 Å². The van der Waals surface area contributed by atoms with Crippen molar-refractivity contribution in [1.29, 1.82) is 5.26 Å². The molecule has 1 heterocycles. The number of methoxy groups -OCH3 is 1. The molecule has 0 spiro atoms. The molecule has 1 saturated heterocycles. The van der Waals surface area contributed by atoms with Gasteiger partial charge in [-0.05, 0) is 31.4 Å². The lowest BCUT2D eigenvalue weighted by Crippen LogP contribution is -2.53. The van der Waals surface area contributed by atoms with E-state index in [1.807, 2.05) is 18.2 Å². The third kappa shape index (κ3) is 2.58. The fourth-order valence-electron chi connectivity index (χ4n) is 3.78. The van der Waals surface area contributed by atoms with Crippen LogP contribution in [0.15, 0.2) is 18.2 Å². The maximum absolute atomic E-state index is 10.8. The quantitative estimate of drug-likeness (QED) is 0.908. The van der Waals surface area contributed by atoms with Crippen LogP contribution < -0.4 is 9.64 Å². The molecule has 4 heteroatoms. The first-order chi connectivity index (χ1) is 10.2. The van der Waals surface area contributed by atoms with Crippen molar-refractivity contribution in [2.45, 2.75) is 37.7 Å². The zero-order chi connectivity index (χ0) is 14.9. The molecule has 1 aromatic carbocycles. The molecule has 2 aliphatic rings. The largest absolute Gasteiger partial charge is 0.497 e. The third-order valence-corrected chi connectivity index (χ3v) is 5.09. The Labute approximate surface area is 125 Å². The van der Waals surface area contributed by atoms with Gasteiger partial charge >= 0.3 is 0 Å². The number of fused-ring (bicyclic) bond motifs is 1. The van der Waals surface area contributed by atoms with Crippen LogP contribution in [0, 0.1) is 17.2 Å². The number of aliphatic hydroxyl groups is 1. The number of anilines is 1. The van der Waals surface area contributed by atoms with Crippen molar-refractivity contribution in [1.82, 2.24) is 0 Å². The molecule has 1 aliphatic heterocycles. The van der Waals surface area contributed by atoms with Crippen LogP contribution in [-0.2, 0) is 0 Å². The predicted octanol–water partition coefficient (Wildman–Crippen LogP) is 2.70. The Morgan fingerprint density at radius 2 is 2.24 bits per heavy atom. The van der Waals surface area contributed by atoms with Crippen molar-refractivity contribution in [3.63, 3.8) is 0 Å². The summed E-state index contributed by atoms with van der Waals surface area (Å²) in [5, 5.41) is 20.1. The maximum atomic E-state index is 10.8. The Balaban J connectivity index is 1.87. The van der Waals surface area contributed by atoms with Gasteiger partial charge in [0.25, 0.3) is 0 Å². The Hall–Kier alpha value is -1.73. The molecule has 0 aromatic heterocycles. The molecule has 2 unspecified atom stereocenters. The molecule has 21 heavy (non-hydrogen) atoms. The van der Waals surface area contributed by atoms with Crippen LogP contribution in [0.2, 0.25) is 0 Å². The third-order valence-electron chi connectivity index (χ3n) is 5.09. The average molecular weight is 286 g/mol. The predicted molar refractivity (Wildman–Crippen MR) is 81.4 cm³/mol. The average Bonchev–Trinajstić information content (AvgIpc) is 2.53. The monoisotopic (exact) mass is 286 g/mol. The molecule has 0 bridgehead atoms. The van der Waals surface area contributed by atoms with E-state index in [4.69, 9.17) is 4.74 Å². The SMILES string of the molecule is COc1ccc(C#N)c(N2CCC3(O)CCCCC3C2)c1. The number of nitrogens with zero attached hydrogens (tertiary/aromatic N) is 2. The minimum atomic E-state index is -0.486. The molecule has 2 fully saturated rings. The summed E-state index contributed by atoms with van der Waals surface area (Å²) >= 11 is 0. The van der Waals surface area contributed by atoms with E-state index in [0.29, 0.717) is 11.5 Å². The number of hydrogen-bond acceptors (Lipinski definition) is 4. The van der Waals surface area contributed by atoms with E-state index < -0.39 is 5.60 Å². The number of piperidine rings is 1. The van der Waals surface area contributed by atoms with Gasteiger partial charge in [-0.2, -0.15) is 5.26 Å². The summed E-state index contributed by atoms with van der Waals surface area (Å²) in [6.45, 7) is 1.63. The lowest BCUT2D eigenvalue weighted by Gasteiger charge is -2.48. The first-order valence-corrected chi connectivity index (χ1v) is 7.72. The normalized spacial score (nSPS) is 28.6. The molecular formula is C17H22N2O2. The maximum Gasteiger partial charge on any atom is 0.121 e. The first-order valence-electron chi connectivity index (χ1n) is 7.72. The number of hydrogen-bond donors (Lipinski definition) is 1. The van der Waals surface area contributed by atoms with E-state index in [-0.39, 0.29) is 0 Å². The van der Waals surface area contributed by atoms with E-state index in [1.54, 1.807) is 7.11 Å². The van der Waals surface area contributed by atoms with E-state index in [9.17, 15) is 10.4 Å². The Morgan fingerprint density at radius 1 is 1.38 bits per heavy atom. The number of ether oxygens (including phenoxy) is 1. The van der Waals surface area contributed by atoms with Crippen LogP contribution in [0.4, 0.5) is 5.69 Å². The van der Waals surface area contributed by atoms with Crippen LogP contribution >= 0.6 is 0 Å². The van der Waals surface area contributed by atoms with Crippen molar-refractivity contribution >= 4 is 5.69 Å². The molecule has 1 aliphatic carbocycles. The second-order valence-electron chi connectivity index (χ2n) is 6.24. The van der Waals surface area contributed by atoms with Gasteiger partial charge in [-0.3, -0.25) is 0 Å². The van der Waals surface area contributed by atoms with Gasteiger partial charge in [0.1, 0.15) is 11.8 Å². The zero-order valence-corrected chi connectivity index (χ0v) is 12.5. The molecule has 1 N–H and O–H groups in total. The molecule has 0 amide bonds. The van der Waals surface area contributed by atoms with Crippen LogP contribution in [0.25, 0.3) is 0 Å². The second-order valence-corrected chi connectivity index (χ2v) is 6.24. The van der Waals surface area contributed by atoms with E-state index in [0.717, 1.165) is 50.2 Å². The van der Waals surface area contributed by atoms with Crippen molar-refractivity contribution in [2.75, 3.05) is 25.1 Å². The summed E-state index contributed by atoms with van der Waals surface area (Å²) in [4.78, 5) is 2.24. The lowest BCUT2D eigenvalue weighted by atomic mass is 9.71. The highest BCUT2D eigenvalue weighted by Crippen LogP contribution is 2.41. The van der Waals surface area contributed by atoms with E-state index in [2.05, 4.69) is 11.0 Å². The summed E-state index contributed by atoms with van der Waals surface area (Å²) in [7, 11) is 1.64. The van der Waals surface area contributed by atoms with E-state index >= 15 is 0 Å². The van der Waals surface area contributed by atoms with Crippen LogP contribution in [-0.4, -0.2) is 30.9 Å². The van der Waals surface area contributed by atoms with E-state index in [1.165, 1.54) is 6.42 Å². The van der Waals surface area contributed by atoms with Crippen molar-refractivity contribution < 1.29 is 9.84 Å². The van der Waals surface area contributed by atoms with Crippen molar-refractivity contribution in [2.24, 2.45) is 5.92 Å². The highest BCUT2D eigenvalue weighted by atomic mass is 16.5. The fourth-order valence-corrected chi connectivity index (χ4v) is 3.78. The molecule has 4 nitrogen and oxygen atoms in total. The molecular weight excluding hydrogens is 264 g/mol. The van der Waals surface area contributed by atoms with Gasteiger partial charge < -0.3 is 14.7 Å². The summed E-state index contributed by atoms with van der Waals surface area (Å²) < 4.78 is 5.29. The smallest absolute Gasteiger partial charge is 0.121 e. The van der Waals surface area contributed by atoms with Gasteiger partial charge in [0.2, 0.25) is 0 Å². The fraction of sp³-hybridized carbons (Fsp3) is 0.588. The van der Waals surface area contributed by atoms with Crippen LogP contribution in [0.3, 0.4) is 0 Å². The molecule has 3 rings (SSSR count). The topological polar surface area (TPSA) is 56.5 Å². The highest BCUT2D eigenvalue weighted by Gasteiger charge is 2.43. The van der Waals surface area contributed by atoms with Gasteiger partial charge in [-0.25, -0.2) is 0 Å². The summed E-state index contributed by atoms with van der Waals surface area (Å²) in [6, 6.07) is 7.84. The van der Waals surface area contributed by atoms with Gasteiger partial charge in [-0.1, -0.05) is 12.8 Å². The van der Waals surface area contributed by atoms with Gasteiger partial charge in [0.05, 0.1) is 24.0 Å². The summed E-state index contributed by atoms with van der Waals surface area (Å²) in [5.41, 5.74) is 1.13. The number of benzene rings is 1.